The second-order valence-electron chi connectivity index (χ2n) is 3.35. The summed E-state index contributed by atoms with van der Waals surface area (Å²) in [5, 5.41) is 3.79. The zero-order chi connectivity index (χ0) is 12.7. The lowest BCUT2D eigenvalue weighted by Gasteiger charge is -2.09. The van der Waals surface area contributed by atoms with Crippen LogP contribution in [0.4, 0.5) is 0 Å². The van der Waals surface area contributed by atoms with E-state index in [-0.39, 0.29) is 5.97 Å². The van der Waals surface area contributed by atoms with Gasteiger partial charge in [-0.25, -0.2) is 4.79 Å². The van der Waals surface area contributed by atoms with Crippen LogP contribution in [0, 0.1) is 0 Å². The van der Waals surface area contributed by atoms with E-state index >= 15 is 0 Å². The van der Waals surface area contributed by atoms with Crippen molar-refractivity contribution in [1.29, 1.82) is 0 Å². The van der Waals surface area contributed by atoms with Crippen molar-refractivity contribution < 1.29 is 9.53 Å². The molecule has 1 N–H and O–H groups in total. The molecule has 17 heavy (non-hydrogen) atoms. The third-order valence-corrected chi connectivity index (χ3v) is 2.32. The Kier molecular flexibility index (Phi) is 5.57. The van der Waals surface area contributed by atoms with Crippen LogP contribution in [-0.2, 0) is 9.53 Å². The highest BCUT2D eigenvalue weighted by Gasteiger charge is 2.04. The van der Waals surface area contributed by atoms with Gasteiger partial charge in [-0.1, -0.05) is 23.7 Å². The van der Waals surface area contributed by atoms with E-state index in [9.17, 15) is 4.79 Å². The number of hydrogen-bond donors (Lipinski definition) is 1. The molecule has 1 aromatic rings. The number of carbonyl (C=O) groups is 1. The highest BCUT2D eigenvalue weighted by molar-refractivity contribution is 6.30. The van der Waals surface area contributed by atoms with Gasteiger partial charge >= 0.3 is 5.97 Å². The van der Waals surface area contributed by atoms with Gasteiger partial charge in [0.2, 0.25) is 0 Å². The Morgan fingerprint density at radius 2 is 2.00 bits per heavy atom. The molecule has 0 bridgehead atoms. The molecular formula is C13H16ClNO2. The lowest BCUT2D eigenvalue weighted by Crippen LogP contribution is -2.13. The number of ether oxygens (including phenoxy) is 1. The first-order valence-electron chi connectivity index (χ1n) is 5.55. The monoisotopic (exact) mass is 253 g/mol. The molecule has 92 valence electrons. The molecule has 1 aromatic carbocycles. The maximum Gasteiger partial charge on any atom is 0.332 e. The third kappa shape index (κ3) is 4.49. The van der Waals surface area contributed by atoms with Crippen LogP contribution in [0.5, 0.6) is 0 Å². The summed E-state index contributed by atoms with van der Waals surface area (Å²) in [7, 11) is 0. The molecule has 0 aliphatic heterocycles. The van der Waals surface area contributed by atoms with Gasteiger partial charge in [-0.15, -0.1) is 0 Å². The first kappa shape index (κ1) is 13.6. The van der Waals surface area contributed by atoms with E-state index in [4.69, 9.17) is 16.3 Å². The summed E-state index contributed by atoms with van der Waals surface area (Å²) in [5.74, 6) is -0.349. The molecule has 0 saturated carbocycles. The lowest BCUT2D eigenvalue weighted by molar-refractivity contribution is -0.137. The number of rotatable bonds is 5. The van der Waals surface area contributed by atoms with Crippen LogP contribution in [-0.4, -0.2) is 19.1 Å². The fourth-order valence-electron chi connectivity index (χ4n) is 1.36. The largest absolute Gasteiger partial charge is 0.463 e. The molecule has 3 nitrogen and oxygen atoms in total. The second-order valence-corrected chi connectivity index (χ2v) is 3.78. The van der Waals surface area contributed by atoms with Gasteiger partial charge in [0.05, 0.1) is 6.61 Å². The minimum absolute atomic E-state index is 0.349. The number of halogens is 1. The molecule has 0 atom stereocenters. The van der Waals surface area contributed by atoms with Crippen LogP contribution in [0.3, 0.4) is 0 Å². The molecule has 1 rings (SSSR count). The van der Waals surface area contributed by atoms with E-state index in [0.29, 0.717) is 11.6 Å². The van der Waals surface area contributed by atoms with Crippen molar-refractivity contribution in [3.63, 3.8) is 0 Å². The predicted molar refractivity (Wildman–Crippen MR) is 69.7 cm³/mol. The molecule has 0 amide bonds. The van der Waals surface area contributed by atoms with E-state index < -0.39 is 0 Å². The van der Waals surface area contributed by atoms with Crippen LogP contribution in [0.2, 0.25) is 5.02 Å². The van der Waals surface area contributed by atoms with Gasteiger partial charge < -0.3 is 10.1 Å². The van der Waals surface area contributed by atoms with Crippen LogP contribution >= 0.6 is 11.6 Å². The second kappa shape index (κ2) is 6.97. The van der Waals surface area contributed by atoms with Gasteiger partial charge in [0.25, 0.3) is 0 Å². The SMILES string of the molecule is CCNC(=CC(=O)OCC)c1ccc(Cl)cc1. The van der Waals surface area contributed by atoms with Gasteiger partial charge in [-0.2, -0.15) is 0 Å². The van der Waals surface area contributed by atoms with Crippen LogP contribution in [0.1, 0.15) is 19.4 Å². The van der Waals surface area contributed by atoms with Crippen molar-refractivity contribution in [1.82, 2.24) is 5.32 Å². The summed E-state index contributed by atoms with van der Waals surface area (Å²) in [6.07, 6.45) is 1.45. The molecule has 0 aromatic heterocycles. The first-order valence-corrected chi connectivity index (χ1v) is 5.93. The standard InChI is InChI=1S/C13H16ClNO2/c1-3-15-12(9-13(16)17-4-2)10-5-7-11(14)8-6-10/h5-9,15H,3-4H2,1-2H3. The molecule has 0 aliphatic carbocycles. The number of esters is 1. The smallest absolute Gasteiger partial charge is 0.332 e. The van der Waals surface area contributed by atoms with Crippen molar-refractivity contribution >= 4 is 23.3 Å². The number of hydrogen-bond acceptors (Lipinski definition) is 3. The first-order chi connectivity index (χ1) is 8.17. The van der Waals surface area contributed by atoms with E-state index in [1.807, 2.05) is 19.1 Å². The molecule has 4 heteroatoms. The average molecular weight is 254 g/mol. The topological polar surface area (TPSA) is 38.3 Å². The molecule has 0 aliphatic rings. The minimum atomic E-state index is -0.349. The van der Waals surface area contributed by atoms with E-state index in [2.05, 4.69) is 5.32 Å². The van der Waals surface area contributed by atoms with Crippen molar-refractivity contribution in [3.8, 4) is 0 Å². The zero-order valence-electron chi connectivity index (χ0n) is 10.00. The third-order valence-electron chi connectivity index (χ3n) is 2.07. The van der Waals surface area contributed by atoms with E-state index in [1.54, 1.807) is 19.1 Å². The van der Waals surface area contributed by atoms with Crippen molar-refractivity contribution in [2.24, 2.45) is 0 Å². The Bertz CT molecular complexity index is 398. The number of benzene rings is 1. The normalized spacial score (nSPS) is 11.1. The van der Waals surface area contributed by atoms with Gasteiger partial charge in [-0.3, -0.25) is 0 Å². The summed E-state index contributed by atoms with van der Waals surface area (Å²) in [5.41, 5.74) is 1.65. The van der Waals surface area contributed by atoms with Crippen molar-refractivity contribution in [3.05, 3.63) is 40.9 Å². The summed E-state index contributed by atoms with van der Waals surface area (Å²) in [6.45, 7) is 4.85. The minimum Gasteiger partial charge on any atom is -0.463 e. The lowest BCUT2D eigenvalue weighted by atomic mass is 10.1. The van der Waals surface area contributed by atoms with E-state index in [1.165, 1.54) is 6.08 Å². The van der Waals surface area contributed by atoms with Crippen LogP contribution in [0.25, 0.3) is 5.70 Å². The fraction of sp³-hybridized carbons (Fsp3) is 0.308. The summed E-state index contributed by atoms with van der Waals surface area (Å²) in [4.78, 5) is 11.4. The summed E-state index contributed by atoms with van der Waals surface area (Å²) >= 11 is 5.82. The van der Waals surface area contributed by atoms with Gasteiger partial charge in [0, 0.05) is 23.3 Å². The highest BCUT2D eigenvalue weighted by atomic mass is 35.5. The fourth-order valence-corrected chi connectivity index (χ4v) is 1.48. The Balaban J connectivity index is 2.92. The number of carbonyl (C=O) groups excluding carboxylic acids is 1. The molecule has 0 fully saturated rings. The maximum absolute atomic E-state index is 11.4. The van der Waals surface area contributed by atoms with Crippen molar-refractivity contribution in [2.75, 3.05) is 13.2 Å². The Hall–Kier alpha value is -1.48. The molecule has 0 heterocycles. The molecular weight excluding hydrogens is 238 g/mol. The van der Waals surface area contributed by atoms with Crippen LogP contribution in [0.15, 0.2) is 30.3 Å². The quantitative estimate of drug-likeness (QED) is 0.648. The van der Waals surface area contributed by atoms with Gasteiger partial charge in [-0.05, 0) is 31.5 Å². The van der Waals surface area contributed by atoms with Crippen molar-refractivity contribution in [2.45, 2.75) is 13.8 Å². The highest BCUT2D eigenvalue weighted by Crippen LogP contribution is 2.15. The Labute approximate surface area is 106 Å². The summed E-state index contributed by atoms with van der Waals surface area (Å²) < 4.78 is 4.88. The molecule has 0 spiro atoms. The van der Waals surface area contributed by atoms with E-state index in [0.717, 1.165) is 17.8 Å². The van der Waals surface area contributed by atoms with Crippen LogP contribution < -0.4 is 5.32 Å². The Morgan fingerprint density at radius 1 is 1.35 bits per heavy atom. The van der Waals surface area contributed by atoms with Gasteiger partial charge in [0.15, 0.2) is 0 Å². The predicted octanol–water partition coefficient (Wildman–Crippen LogP) is 2.85. The maximum atomic E-state index is 11.4. The zero-order valence-corrected chi connectivity index (χ0v) is 10.8. The molecule has 0 radical (unpaired) electrons. The van der Waals surface area contributed by atoms with Gasteiger partial charge in [0.1, 0.15) is 0 Å². The molecule has 0 saturated heterocycles. The average Bonchev–Trinajstić information content (AvgIpc) is 2.30. The Morgan fingerprint density at radius 3 is 2.53 bits per heavy atom. The molecule has 0 unspecified atom stereocenters. The number of nitrogens with one attached hydrogen (secondary N) is 1. The summed E-state index contributed by atoms with van der Waals surface area (Å²) in [6, 6.07) is 7.28.